The van der Waals surface area contributed by atoms with E-state index in [0.29, 0.717) is 45.0 Å². The lowest BCUT2D eigenvalue weighted by Crippen LogP contribution is -2.51. The zero-order valence-electron chi connectivity index (χ0n) is 15.0. The molecule has 0 atom stereocenters. The molecule has 0 radical (unpaired) electrons. The van der Waals surface area contributed by atoms with Gasteiger partial charge in [0.2, 0.25) is 0 Å². The number of urea groups is 1. The number of carbonyl (C=O) groups is 2. The third-order valence-corrected chi connectivity index (χ3v) is 5.20. The van der Waals surface area contributed by atoms with Gasteiger partial charge in [0.15, 0.2) is 0 Å². The molecule has 3 rings (SSSR count). The van der Waals surface area contributed by atoms with Crippen LogP contribution in [0.4, 0.5) is 10.5 Å². The summed E-state index contributed by atoms with van der Waals surface area (Å²) in [5.41, 5.74) is 0.652. The number of amides is 3. The zero-order chi connectivity index (χ0) is 18.5. The molecule has 26 heavy (non-hydrogen) atoms. The van der Waals surface area contributed by atoms with Gasteiger partial charge in [0.25, 0.3) is 5.91 Å². The Morgan fingerprint density at radius 3 is 2.62 bits per heavy atom. The molecule has 8 nitrogen and oxygen atoms in total. The Hall–Kier alpha value is -2.39. The van der Waals surface area contributed by atoms with Crippen molar-refractivity contribution in [3.8, 4) is 0 Å². The average molecular weight is 377 g/mol. The number of hydrogen-bond donors (Lipinski definition) is 1. The Kier molecular flexibility index (Phi) is 5.89. The van der Waals surface area contributed by atoms with Crippen LogP contribution in [0.2, 0.25) is 0 Å². The van der Waals surface area contributed by atoms with E-state index >= 15 is 0 Å². The number of nitrogens with zero attached hydrogens (tertiary/aromatic N) is 4. The maximum absolute atomic E-state index is 12.5. The third kappa shape index (κ3) is 4.41. The molecule has 1 fully saturated rings. The molecular weight excluding hydrogens is 354 g/mol. The lowest BCUT2D eigenvalue weighted by Gasteiger charge is -2.34. The Morgan fingerprint density at radius 2 is 1.96 bits per heavy atom. The fourth-order valence-corrected chi connectivity index (χ4v) is 3.59. The van der Waals surface area contributed by atoms with Crippen molar-refractivity contribution in [1.82, 2.24) is 19.6 Å². The maximum Gasteiger partial charge on any atom is 0.322 e. The Bertz CT molecular complexity index is 764. The van der Waals surface area contributed by atoms with E-state index in [4.69, 9.17) is 4.74 Å². The van der Waals surface area contributed by atoms with Crippen molar-refractivity contribution in [1.29, 1.82) is 0 Å². The zero-order valence-corrected chi connectivity index (χ0v) is 15.8. The number of nitrogens with one attached hydrogen (secondary N) is 1. The number of hydrogen-bond acceptors (Lipinski definition) is 5. The fraction of sp³-hybridized carbons (Fsp3) is 0.471. The van der Waals surface area contributed by atoms with Gasteiger partial charge >= 0.3 is 6.03 Å². The SMILES string of the molecule is COCCn1cc(NC(=O)N2CCN(C(=O)c3ccc(C)s3)CC2)cn1. The lowest BCUT2D eigenvalue weighted by atomic mass is 10.3. The van der Waals surface area contributed by atoms with Gasteiger partial charge < -0.3 is 19.9 Å². The summed E-state index contributed by atoms with van der Waals surface area (Å²) in [6.07, 6.45) is 3.39. The number of rotatable bonds is 5. The molecule has 9 heteroatoms. The summed E-state index contributed by atoms with van der Waals surface area (Å²) in [4.78, 5) is 30.3. The summed E-state index contributed by atoms with van der Waals surface area (Å²) in [5.74, 6) is 0.0441. The van der Waals surface area contributed by atoms with Gasteiger partial charge in [0.05, 0.1) is 29.9 Å². The van der Waals surface area contributed by atoms with E-state index in [9.17, 15) is 9.59 Å². The molecule has 0 bridgehead atoms. The third-order valence-electron chi connectivity index (χ3n) is 4.21. The number of ether oxygens (including phenoxy) is 1. The highest BCUT2D eigenvalue weighted by molar-refractivity contribution is 7.13. The van der Waals surface area contributed by atoms with Crippen molar-refractivity contribution in [3.63, 3.8) is 0 Å². The van der Waals surface area contributed by atoms with Gasteiger partial charge in [-0.25, -0.2) is 4.79 Å². The van der Waals surface area contributed by atoms with E-state index in [1.54, 1.807) is 34.0 Å². The molecular formula is C17H23N5O3S. The van der Waals surface area contributed by atoms with E-state index in [0.717, 1.165) is 9.75 Å². The van der Waals surface area contributed by atoms with Crippen LogP contribution in [-0.4, -0.2) is 71.4 Å². The summed E-state index contributed by atoms with van der Waals surface area (Å²) in [6.45, 7) is 5.29. The summed E-state index contributed by atoms with van der Waals surface area (Å²) in [5, 5.41) is 7.02. The van der Waals surface area contributed by atoms with Crippen LogP contribution in [0, 0.1) is 6.92 Å². The highest BCUT2D eigenvalue weighted by Gasteiger charge is 2.25. The van der Waals surface area contributed by atoms with Crippen LogP contribution in [0.15, 0.2) is 24.5 Å². The second-order valence-corrected chi connectivity index (χ2v) is 7.39. The molecule has 0 aliphatic carbocycles. The monoisotopic (exact) mass is 377 g/mol. The second-order valence-electron chi connectivity index (χ2n) is 6.10. The van der Waals surface area contributed by atoms with E-state index in [-0.39, 0.29) is 11.9 Å². The van der Waals surface area contributed by atoms with Crippen LogP contribution in [-0.2, 0) is 11.3 Å². The van der Waals surface area contributed by atoms with E-state index < -0.39 is 0 Å². The standard InChI is InChI=1S/C17H23N5O3S/c1-13-3-4-15(26-13)16(23)20-5-7-21(8-6-20)17(24)19-14-11-18-22(12-14)9-10-25-2/h3-4,11-12H,5-10H2,1-2H3,(H,19,24). The largest absolute Gasteiger partial charge is 0.383 e. The molecule has 1 saturated heterocycles. The number of carbonyl (C=O) groups excluding carboxylic acids is 2. The van der Waals surface area contributed by atoms with Crippen LogP contribution in [0.1, 0.15) is 14.5 Å². The van der Waals surface area contributed by atoms with Crippen LogP contribution in [0.5, 0.6) is 0 Å². The minimum atomic E-state index is -0.171. The summed E-state index contributed by atoms with van der Waals surface area (Å²) >= 11 is 1.50. The van der Waals surface area contributed by atoms with Crippen LogP contribution < -0.4 is 5.32 Å². The lowest BCUT2D eigenvalue weighted by molar-refractivity contribution is 0.0676. The van der Waals surface area contributed by atoms with Gasteiger partial charge in [-0.2, -0.15) is 5.10 Å². The Labute approximate surface area is 156 Å². The van der Waals surface area contributed by atoms with Gasteiger partial charge in [-0.3, -0.25) is 9.48 Å². The van der Waals surface area contributed by atoms with Gasteiger partial charge in [-0.1, -0.05) is 0 Å². The van der Waals surface area contributed by atoms with Crippen molar-refractivity contribution in [2.75, 3.05) is 45.2 Å². The minimum Gasteiger partial charge on any atom is -0.383 e. The highest BCUT2D eigenvalue weighted by Crippen LogP contribution is 2.18. The first-order valence-corrected chi connectivity index (χ1v) is 9.31. The van der Waals surface area contributed by atoms with Crippen LogP contribution in [0.25, 0.3) is 0 Å². The van der Waals surface area contributed by atoms with Gasteiger partial charge in [-0.15, -0.1) is 11.3 Å². The molecule has 1 aliphatic rings. The number of aromatic nitrogens is 2. The molecule has 0 aromatic carbocycles. The van der Waals surface area contributed by atoms with Gasteiger partial charge in [-0.05, 0) is 19.1 Å². The minimum absolute atomic E-state index is 0.0441. The number of thiophene rings is 1. The van der Waals surface area contributed by atoms with Crippen LogP contribution >= 0.6 is 11.3 Å². The number of anilines is 1. The fourth-order valence-electron chi connectivity index (χ4n) is 2.76. The number of piperazine rings is 1. The molecule has 3 amide bonds. The molecule has 1 aliphatic heterocycles. The van der Waals surface area contributed by atoms with Gasteiger partial charge in [0.1, 0.15) is 0 Å². The molecule has 2 aromatic rings. The van der Waals surface area contributed by atoms with Crippen molar-refractivity contribution in [2.45, 2.75) is 13.5 Å². The Balaban J connectivity index is 1.49. The summed E-state index contributed by atoms with van der Waals surface area (Å²) in [7, 11) is 1.64. The maximum atomic E-state index is 12.5. The first-order valence-electron chi connectivity index (χ1n) is 8.50. The molecule has 0 spiro atoms. The topological polar surface area (TPSA) is 79.7 Å². The van der Waals surface area contributed by atoms with Crippen molar-refractivity contribution in [3.05, 3.63) is 34.3 Å². The molecule has 0 saturated carbocycles. The Morgan fingerprint density at radius 1 is 1.23 bits per heavy atom. The van der Waals surface area contributed by atoms with E-state index in [1.165, 1.54) is 11.3 Å². The smallest absolute Gasteiger partial charge is 0.322 e. The molecule has 1 N–H and O–H groups in total. The first-order chi connectivity index (χ1) is 12.6. The number of methoxy groups -OCH3 is 1. The average Bonchev–Trinajstić information content (AvgIpc) is 3.28. The highest BCUT2D eigenvalue weighted by atomic mass is 32.1. The molecule has 0 unspecified atom stereocenters. The van der Waals surface area contributed by atoms with E-state index in [1.807, 2.05) is 19.1 Å². The van der Waals surface area contributed by atoms with Crippen molar-refractivity contribution in [2.24, 2.45) is 0 Å². The summed E-state index contributed by atoms with van der Waals surface area (Å²) < 4.78 is 6.73. The molecule has 140 valence electrons. The normalized spacial score (nSPS) is 14.5. The predicted molar refractivity (Wildman–Crippen MR) is 99.7 cm³/mol. The predicted octanol–water partition coefficient (Wildman–Crippen LogP) is 1.89. The summed E-state index contributed by atoms with van der Waals surface area (Å²) in [6, 6.07) is 3.65. The van der Waals surface area contributed by atoms with Crippen molar-refractivity contribution >= 4 is 29.0 Å². The quantitative estimate of drug-likeness (QED) is 0.863. The molecule has 3 heterocycles. The molecule has 2 aromatic heterocycles. The van der Waals surface area contributed by atoms with Crippen LogP contribution in [0.3, 0.4) is 0 Å². The first kappa shape index (κ1) is 18.4. The number of aryl methyl sites for hydroxylation is 1. The van der Waals surface area contributed by atoms with E-state index in [2.05, 4.69) is 10.4 Å². The van der Waals surface area contributed by atoms with Crippen molar-refractivity contribution < 1.29 is 14.3 Å². The second kappa shape index (κ2) is 8.33. The van der Waals surface area contributed by atoms with Gasteiger partial charge in [0, 0.05) is 44.4 Å².